The second-order valence-electron chi connectivity index (χ2n) is 8.17. The molecular formula is C23H29N3O2S. The summed E-state index contributed by atoms with van der Waals surface area (Å²) in [5, 5.41) is 7.84. The van der Waals surface area contributed by atoms with E-state index in [2.05, 4.69) is 15.6 Å². The second-order valence-corrected chi connectivity index (χ2v) is 9.17. The zero-order valence-electron chi connectivity index (χ0n) is 16.8. The van der Waals surface area contributed by atoms with Gasteiger partial charge in [-0.15, -0.1) is 0 Å². The molecule has 4 rings (SSSR count). The molecule has 1 heterocycles. The van der Waals surface area contributed by atoms with Crippen molar-refractivity contribution in [3.05, 3.63) is 35.9 Å². The zero-order chi connectivity index (χ0) is 20.1. The molecule has 2 aliphatic rings. The third-order valence-electron chi connectivity index (χ3n) is 5.67. The summed E-state index contributed by atoms with van der Waals surface area (Å²) in [6, 6.07) is 10.1. The number of hydrogen-bond donors (Lipinski definition) is 2. The molecule has 2 fully saturated rings. The number of benzene rings is 1. The number of nitrogens with zero attached hydrogens (tertiary/aromatic N) is 1. The van der Waals surface area contributed by atoms with Gasteiger partial charge in [0.15, 0.2) is 0 Å². The van der Waals surface area contributed by atoms with E-state index in [9.17, 15) is 9.59 Å². The maximum atomic E-state index is 12.7. The standard InChI is InChI=1S/C23H29N3O2S/c27-21(24-16-8-4-2-1-3-5-9-16)15-29-22-14-19(23(28)25-17-12-13-17)18-10-6-7-11-20(18)26-22/h6-7,10-11,14,16-17H,1-5,8-9,12-13,15H2,(H,24,27)(H,25,28). The number of hydrogen-bond acceptors (Lipinski definition) is 4. The minimum absolute atomic E-state index is 0.0491. The summed E-state index contributed by atoms with van der Waals surface area (Å²) in [5.41, 5.74) is 1.43. The summed E-state index contributed by atoms with van der Waals surface area (Å²) in [6.45, 7) is 0. The number of para-hydroxylation sites is 1. The number of carbonyl (C=O) groups excluding carboxylic acids is 2. The van der Waals surface area contributed by atoms with Gasteiger partial charge in [-0.2, -0.15) is 0 Å². The van der Waals surface area contributed by atoms with Crippen molar-refractivity contribution in [3.8, 4) is 0 Å². The van der Waals surface area contributed by atoms with Gasteiger partial charge in [-0.3, -0.25) is 9.59 Å². The van der Waals surface area contributed by atoms with Crippen molar-refractivity contribution in [1.82, 2.24) is 15.6 Å². The SMILES string of the molecule is O=C(CSc1cc(C(=O)NC2CC2)c2ccccc2n1)NC1CCCCCCC1. The lowest BCUT2D eigenvalue weighted by Crippen LogP contribution is -2.36. The summed E-state index contributed by atoms with van der Waals surface area (Å²) < 4.78 is 0. The number of aromatic nitrogens is 1. The van der Waals surface area contributed by atoms with Crippen LogP contribution >= 0.6 is 11.8 Å². The van der Waals surface area contributed by atoms with Crippen molar-refractivity contribution in [2.75, 3.05) is 5.75 Å². The molecule has 0 saturated heterocycles. The third kappa shape index (κ3) is 5.72. The van der Waals surface area contributed by atoms with Crippen LogP contribution < -0.4 is 10.6 Å². The molecule has 0 unspecified atom stereocenters. The van der Waals surface area contributed by atoms with E-state index in [0.717, 1.165) is 41.6 Å². The average Bonchev–Trinajstić information content (AvgIpc) is 3.51. The first kappa shape index (κ1) is 20.2. The number of pyridine rings is 1. The Labute approximate surface area is 176 Å². The van der Waals surface area contributed by atoms with Crippen LogP contribution in [-0.4, -0.2) is 34.6 Å². The fourth-order valence-electron chi connectivity index (χ4n) is 3.91. The van der Waals surface area contributed by atoms with Crippen molar-refractivity contribution in [1.29, 1.82) is 0 Å². The zero-order valence-corrected chi connectivity index (χ0v) is 17.6. The van der Waals surface area contributed by atoms with E-state index in [1.165, 1.54) is 43.9 Å². The first-order valence-electron chi connectivity index (χ1n) is 10.8. The number of carbonyl (C=O) groups is 2. The Morgan fingerprint density at radius 1 is 0.931 bits per heavy atom. The molecule has 0 atom stereocenters. The van der Waals surface area contributed by atoms with Crippen LogP contribution in [0.4, 0.5) is 0 Å². The highest BCUT2D eigenvalue weighted by atomic mass is 32.2. The monoisotopic (exact) mass is 411 g/mol. The molecule has 2 aliphatic carbocycles. The first-order chi connectivity index (χ1) is 14.2. The molecule has 6 heteroatoms. The Hall–Kier alpha value is -2.08. The molecule has 1 aromatic carbocycles. The number of fused-ring (bicyclic) bond motifs is 1. The van der Waals surface area contributed by atoms with Gasteiger partial charge in [0.25, 0.3) is 5.91 Å². The van der Waals surface area contributed by atoms with Crippen LogP contribution in [0.5, 0.6) is 0 Å². The van der Waals surface area contributed by atoms with Gasteiger partial charge in [-0.25, -0.2) is 4.98 Å². The number of nitrogens with one attached hydrogen (secondary N) is 2. The van der Waals surface area contributed by atoms with Crippen LogP contribution in [0.1, 0.15) is 68.1 Å². The van der Waals surface area contributed by atoms with Gasteiger partial charge in [0, 0.05) is 17.5 Å². The summed E-state index contributed by atoms with van der Waals surface area (Å²) in [7, 11) is 0. The topological polar surface area (TPSA) is 71.1 Å². The Morgan fingerprint density at radius 3 is 2.38 bits per heavy atom. The van der Waals surface area contributed by atoms with E-state index in [0.29, 0.717) is 23.4 Å². The predicted octanol–water partition coefficient (Wildman–Crippen LogP) is 4.45. The molecule has 0 spiro atoms. The van der Waals surface area contributed by atoms with Gasteiger partial charge in [-0.05, 0) is 37.8 Å². The smallest absolute Gasteiger partial charge is 0.252 e. The van der Waals surface area contributed by atoms with E-state index in [4.69, 9.17) is 0 Å². The third-order valence-corrected chi connectivity index (χ3v) is 6.58. The highest BCUT2D eigenvalue weighted by Crippen LogP contribution is 2.26. The minimum Gasteiger partial charge on any atom is -0.353 e. The molecule has 154 valence electrons. The van der Waals surface area contributed by atoms with Gasteiger partial charge < -0.3 is 10.6 Å². The van der Waals surface area contributed by atoms with Gasteiger partial charge >= 0.3 is 0 Å². The summed E-state index contributed by atoms with van der Waals surface area (Å²) >= 11 is 1.40. The highest BCUT2D eigenvalue weighted by Gasteiger charge is 2.25. The van der Waals surface area contributed by atoms with Gasteiger partial charge in [-0.1, -0.05) is 62.1 Å². The number of thioether (sulfide) groups is 1. The molecule has 2 aromatic rings. The van der Waals surface area contributed by atoms with Crippen molar-refractivity contribution >= 4 is 34.5 Å². The van der Waals surface area contributed by atoms with Crippen LogP contribution in [0.25, 0.3) is 10.9 Å². The predicted molar refractivity (Wildman–Crippen MR) is 117 cm³/mol. The fraction of sp³-hybridized carbons (Fsp3) is 0.522. The van der Waals surface area contributed by atoms with Crippen LogP contribution in [0.15, 0.2) is 35.4 Å². The van der Waals surface area contributed by atoms with E-state index in [1.807, 2.05) is 30.3 Å². The normalized spacial score (nSPS) is 18.1. The molecule has 29 heavy (non-hydrogen) atoms. The van der Waals surface area contributed by atoms with Gasteiger partial charge in [0.05, 0.1) is 21.9 Å². The minimum atomic E-state index is -0.0491. The first-order valence-corrected chi connectivity index (χ1v) is 11.8. The van der Waals surface area contributed by atoms with E-state index in [-0.39, 0.29) is 11.8 Å². The lowest BCUT2D eigenvalue weighted by molar-refractivity contribution is -0.119. The van der Waals surface area contributed by atoms with E-state index >= 15 is 0 Å². The van der Waals surface area contributed by atoms with Crippen LogP contribution in [0.3, 0.4) is 0 Å². The molecule has 5 nitrogen and oxygen atoms in total. The second kappa shape index (κ2) is 9.61. The largest absolute Gasteiger partial charge is 0.353 e. The Bertz CT molecular complexity index is 874. The lowest BCUT2D eigenvalue weighted by Gasteiger charge is -2.21. The average molecular weight is 412 g/mol. The summed E-state index contributed by atoms with van der Waals surface area (Å²) in [6.07, 6.45) is 10.5. The quantitative estimate of drug-likeness (QED) is 0.689. The summed E-state index contributed by atoms with van der Waals surface area (Å²) in [4.78, 5) is 29.8. The van der Waals surface area contributed by atoms with E-state index < -0.39 is 0 Å². The Balaban J connectivity index is 1.41. The molecule has 2 N–H and O–H groups in total. The highest BCUT2D eigenvalue weighted by molar-refractivity contribution is 7.99. The van der Waals surface area contributed by atoms with Crippen molar-refractivity contribution in [2.24, 2.45) is 0 Å². The van der Waals surface area contributed by atoms with Crippen molar-refractivity contribution in [2.45, 2.75) is 74.9 Å². The number of rotatable bonds is 6. The van der Waals surface area contributed by atoms with Crippen LogP contribution in [-0.2, 0) is 4.79 Å². The van der Waals surface area contributed by atoms with E-state index in [1.54, 1.807) is 0 Å². The molecule has 2 amide bonds. The molecular weight excluding hydrogens is 382 g/mol. The Kier molecular flexibility index (Phi) is 6.70. The maximum absolute atomic E-state index is 12.7. The summed E-state index contributed by atoms with van der Waals surface area (Å²) in [5.74, 6) is 0.331. The fourth-order valence-corrected chi connectivity index (χ4v) is 4.64. The molecule has 0 aliphatic heterocycles. The maximum Gasteiger partial charge on any atom is 0.252 e. The van der Waals surface area contributed by atoms with Gasteiger partial charge in [0.1, 0.15) is 0 Å². The van der Waals surface area contributed by atoms with Gasteiger partial charge in [0.2, 0.25) is 5.91 Å². The molecule has 0 bridgehead atoms. The Morgan fingerprint density at radius 2 is 1.62 bits per heavy atom. The molecule has 1 aromatic heterocycles. The molecule has 2 saturated carbocycles. The van der Waals surface area contributed by atoms with Crippen LogP contribution in [0, 0.1) is 0 Å². The van der Waals surface area contributed by atoms with Crippen LogP contribution in [0.2, 0.25) is 0 Å². The van der Waals surface area contributed by atoms with Crippen molar-refractivity contribution < 1.29 is 9.59 Å². The molecule has 0 radical (unpaired) electrons. The number of amides is 2. The lowest BCUT2D eigenvalue weighted by atomic mass is 9.97. The van der Waals surface area contributed by atoms with Crippen molar-refractivity contribution in [3.63, 3.8) is 0 Å².